The van der Waals surface area contributed by atoms with Gasteiger partial charge in [0, 0.05) is 48.7 Å². The van der Waals surface area contributed by atoms with Gasteiger partial charge in [0.25, 0.3) is 11.5 Å². The van der Waals surface area contributed by atoms with E-state index in [2.05, 4.69) is 35.8 Å². The number of nitrogens with zero attached hydrogens (tertiary/aromatic N) is 7. The highest BCUT2D eigenvalue weighted by Gasteiger charge is 2.26. The fraction of sp³-hybridized carbons (Fsp3) is 0.457. The number of Topliss-reactive ketones (excluding diaryl/α,β-unsaturated/α-hetero) is 1. The predicted molar refractivity (Wildman–Crippen MR) is 249 cm³/mol. The van der Waals surface area contributed by atoms with Crippen molar-refractivity contribution in [3.8, 4) is 0 Å². The Bertz CT molecular complexity index is 2530. The quantitative estimate of drug-likeness (QED) is 0.0604. The Hall–Kier alpha value is -6.15. The predicted octanol–water partition coefficient (Wildman–Crippen LogP) is 6.00. The molecule has 1 saturated carbocycles. The molecule has 1 aromatic carbocycles. The molecule has 344 valence electrons. The van der Waals surface area contributed by atoms with E-state index in [1.807, 2.05) is 30.9 Å². The van der Waals surface area contributed by atoms with Gasteiger partial charge in [0.2, 0.25) is 17.8 Å². The van der Waals surface area contributed by atoms with Crippen molar-refractivity contribution in [2.24, 2.45) is 0 Å². The molecule has 3 N–H and O–H groups in total. The lowest BCUT2D eigenvalue weighted by atomic mass is 10.0. The zero-order valence-electron chi connectivity index (χ0n) is 37.3. The second-order valence-electron chi connectivity index (χ2n) is 16.0. The van der Waals surface area contributed by atoms with Gasteiger partial charge in [-0.05, 0) is 70.4 Å². The average Bonchev–Trinajstić information content (AvgIpc) is 3.94. The van der Waals surface area contributed by atoms with E-state index >= 15 is 0 Å². The SMILES string of the molecule is CC(=O)c1c(C)c2cnc(Nc3ccc(N4CCN(C(=O)CCOCCOCCOCCC(=O)Nc5ccccc5C(=O)Nc5nc(C)c(C)s5)CC4)cn3)nc2n(C2CCCC2)c1=O. The number of carbonyl (C=O) groups is 4. The summed E-state index contributed by atoms with van der Waals surface area (Å²) in [7, 11) is 0. The van der Waals surface area contributed by atoms with Crippen molar-refractivity contribution >= 4 is 74.1 Å². The second-order valence-corrected chi connectivity index (χ2v) is 17.2. The molecule has 1 saturated heterocycles. The van der Waals surface area contributed by atoms with Gasteiger partial charge in [-0.25, -0.2) is 15.0 Å². The van der Waals surface area contributed by atoms with Crippen molar-refractivity contribution in [3.05, 3.63) is 86.4 Å². The van der Waals surface area contributed by atoms with E-state index in [-0.39, 0.29) is 60.1 Å². The summed E-state index contributed by atoms with van der Waals surface area (Å²) in [5.74, 6) is 0.00630. The second kappa shape index (κ2) is 22.2. The van der Waals surface area contributed by atoms with Crippen LogP contribution in [0.2, 0.25) is 0 Å². The zero-order chi connectivity index (χ0) is 45.9. The maximum absolute atomic E-state index is 13.6. The van der Waals surface area contributed by atoms with Crippen LogP contribution in [0.3, 0.4) is 0 Å². The monoisotopic (exact) mass is 908 g/mol. The topological polar surface area (TPSA) is 212 Å². The highest BCUT2D eigenvalue weighted by atomic mass is 32.1. The molecule has 4 aromatic heterocycles. The molecule has 0 bridgehead atoms. The first kappa shape index (κ1) is 46.8. The number of hydrogen-bond acceptors (Lipinski definition) is 15. The summed E-state index contributed by atoms with van der Waals surface area (Å²) in [6.07, 6.45) is 7.61. The maximum atomic E-state index is 13.6. The highest BCUT2D eigenvalue weighted by Crippen LogP contribution is 2.32. The number of anilines is 5. The fourth-order valence-corrected chi connectivity index (χ4v) is 8.81. The number of rotatable bonds is 20. The van der Waals surface area contributed by atoms with Crippen molar-refractivity contribution in [1.29, 1.82) is 0 Å². The van der Waals surface area contributed by atoms with Crippen molar-refractivity contribution in [1.82, 2.24) is 29.4 Å². The molecular formula is C46H56N10O8S. The normalized spacial score (nSPS) is 14.2. The summed E-state index contributed by atoms with van der Waals surface area (Å²) < 4.78 is 18.4. The third-order valence-electron chi connectivity index (χ3n) is 11.6. The van der Waals surface area contributed by atoms with Gasteiger partial charge >= 0.3 is 0 Å². The van der Waals surface area contributed by atoms with Gasteiger partial charge < -0.3 is 34.6 Å². The van der Waals surface area contributed by atoms with Crippen LogP contribution in [0.5, 0.6) is 0 Å². The van der Waals surface area contributed by atoms with Crippen molar-refractivity contribution in [3.63, 3.8) is 0 Å². The Morgan fingerprint density at radius 1 is 0.800 bits per heavy atom. The first-order chi connectivity index (χ1) is 31.5. The van der Waals surface area contributed by atoms with Crippen molar-refractivity contribution in [2.45, 2.75) is 72.3 Å². The standard InChI is InChI=1S/C46H56N10O8S/c1-29-36-28-48-45(52-42(36)56(33-9-5-6-10-33)44(61)41(29)31(3)57)51-38-14-13-34(27-47-38)54-17-19-55(20-18-54)40(59)16-22-63-24-26-64-25-23-62-21-15-39(58)50-37-12-8-7-11-35(37)43(60)53-46-49-30(2)32(4)65-46/h7-8,11-14,27-28,33H,5-6,9-10,15-26H2,1-4H3,(H,50,58)(H,49,53,60)(H,47,48,51,52). The Morgan fingerprint density at radius 3 is 2.15 bits per heavy atom. The molecule has 65 heavy (non-hydrogen) atoms. The third-order valence-corrected chi connectivity index (χ3v) is 12.6. The smallest absolute Gasteiger partial charge is 0.263 e. The van der Waals surface area contributed by atoms with Crippen LogP contribution in [0.15, 0.2) is 53.6 Å². The fourth-order valence-electron chi connectivity index (χ4n) is 8.00. The van der Waals surface area contributed by atoms with Crippen LogP contribution in [0.4, 0.5) is 28.3 Å². The van der Waals surface area contributed by atoms with E-state index in [4.69, 9.17) is 19.2 Å². The summed E-state index contributed by atoms with van der Waals surface area (Å²) in [6.45, 7) is 11.3. The molecular weight excluding hydrogens is 853 g/mol. The number of ether oxygens (including phenoxy) is 3. The molecule has 19 heteroatoms. The Morgan fingerprint density at radius 2 is 1.49 bits per heavy atom. The molecule has 7 rings (SSSR count). The summed E-state index contributed by atoms with van der Waals surface area (Å²) in [4.78, 5) is 87.6. The lowest BCUT2D eigenvalue weighted by Gasteiger charge is -2.36. The number of thiazole rings is 1. The van der Waals surface area contributed by atoms with Gasteiger partial charge in [0.15, 0.2) is 10.9 Å². The molecule has 1 aliphatic heterocycles. The third kappa shape index (κ3) is 12.0. The number of aryl methyl sites for hydroxylation is 3. The van der Waals surface area contributed by atoms with Crippen LogP contribution in [0.25, 0.3) is 11.0 Å². The number of pyridine rings is 2. The molecule has 18 nitrogen and oxygen atoms in total. The summed E-state index contributed by atoms with van der Waals surface area (Å²) >= 11 is 1.40. The molecule has 0 spiro atoms. The van der Waals surface area contributed by atoms with E-state index in [0.29, 0.717) is 104 Å². The van der Waals surface area contributed by atoms with E-state index in [0.717, 1.165) is 41.9 Å². The Labute approximate surface area is 381 Å². The molecule has 2 aliphatic rings. The van der Waals surface area contributed by atoms with Gasteiger partial charge in [0.1, 0.15) is 11.5 Å². The van der Waals surface area contributed by atoms with Gasteiger partial charge in [-0.3, -0.25) is 33.9 Å². The Balaban J connectivity index is 0.750. The van der Waals surface area contributed by atoms with Crippen LogP contribution in [0, 0.1) is 20.8 Å². The van der Waals surface area contributed by atoms with E-state index in [1.165, 1.54) is 18.3 Å². The molecule has 2 fully saturated rings. The van der Waals surface area contributed by atoms with Gasteiger partial charge in [-0.15, -0.1) is 11.3 Å². The lowest BCUT2D eigenvalue weighted by Crippen LogP contribution is -2.49. The summed E-state index contributed by atoms with van der Waals surface area (Å²) in [5.41, 5.74) is 3.56. The van der Waals surface area contributed by atoms with Crippen LogP contribution in [-0.4, -0.2) is 119 Å². The Kier molecular flexibility index (Phi) is 16.0. The van der Waals surface area contributed by atoms with Crippen molar-refractivity contribution < 1.29 is 33.4 Å². The first-order valence-corrected chi connectivity index (χ1v) is 22.8. The number of ketones is 1. The van der Waals surface area contributed by atoms with Gasteiger partial charge in [-0.2, -0.15) is 4.98 Å². The molecule has 0 unspecified atom stereocenters. The number of hydrogen-bond donors (Lipinski definition) is 3. The van der Waals surface area contributed by atoms with E-state index in [9.17, 15) is 24.0 Å². The van der Waals surface area contributed by atoms with Crippen LogP contribution >= 0.6 is 11.3 Å². The molecule has 5 aromatic rings. The van der Waals surface area contributed by atoms with Gasteiger partial charge in [0.05, 0.1) is 86.9 Å². The van der Waals surface area contributed by atoms with Crippen LogP contribution in [0.1, 0.15) is 88.3 Å². The zero-order valence-corrected chi connectivity index (χ0v) is 38.1. The number of carbonyl (C=O) groups excluding carboxylic acids is 4. The largest absolute Gasteiger partial charge is 0.379 e. The maximum Gasteiger partial charge on any atom is 0.263 e. The lowest BCUT2D eigenvalue weighted by molar-refractivity contribution is -0.132. The average molecular weight is 909 g/mol. The number of piperazine rings is 1. The number of benzene rings is 1. The minimum atomic E-state index is -0.353. The first-order valence-electron chi connectivity index (χ1n) is 22.0. The number of amides is 3. The van der Waals surface area contributed by atoms with Crippen LogP contribution < -0.4 is 26.4 Å². The van der Waals surface area contributed by atoms with Gasteiger partial charge in [-0.1, -0.05) is 25.0 Å². The highest BCUT2D eigenvalue weighted by molar-refractivity contribution is 7.15. The van der Waals surface area contributed by atoms with Crippen molar-refractivity contribution in [2.75, 3.05) is 86.7 Å². The minimum absolute atomic E-state index is 0.00960. The van der Waals surface area contributed by atoms with E-state index in [1.54, 1.807) is 48.1 Å². The molecule has 0 atom stereocenters. The van der Waals surface area contributed by atoms with E-state index < -0.39 is 0 Å². The minimum Gasteiger partial charge on any atom is -0.379 e. The van der Waals surface area contributed by atoms with Crippen LogP contribution in [-0.2, 0) is 23.8 Å². The summed E-state index contributed by atoms with van der Waals surface area (Å²) in [6, 6.07) is 10.6. The summed E-state index contributed by atoms with van der Waals surface area (Å²) in [5, 5.41) is 9.96. The molecule has 5 heterocycles. The number of para-hydroxylation sites is 1. The number of nitrogens with one attached hydrogen (secondary N) is 3. The number of fused-ring (bicyclic) bond motifs is 1. The molecule has 0 radical (unpaired) electrons. The molecule has 1 aliphatic carbocycles. The molecule has 3 amide bonds. The number of aromatic nitrogens is 5.